The van der Waals surface area contributed by atoms with Gasteiger partial charge in [-0.25, -0.2) is 15.0 Å². The van der Waals surface area contributed by atoms with Crippen LogP contribution in [-0.4, -0.2) is 39.6 Å². The quantitative estimate of drug-likeness (QED) is 0.466. The van der Waals surface area contributed by atoms with Gasteiger partial charge in [-0.2, -0.15) is 0 Å². The van der Waals surface area contributed by atoms with Crippen molar-refractivity contribution in [1.29, 1.82) is 0 Å². The van der Waals surface area contributed by atoms with E-state index in [2.05, 4.69) is 32.4 Å². The van der Waals surface area contributed by atoms with Crippen LogP contribution < -0.4 is 4.90 Å². The van der Waals surface area contributed by atoms with Crippen LogP contribution in [-0.2, 0) is 17.6 Å². The number of hydrogen-bond donors (Lipinski definition) is 0. The fourth-order valence-electron chi connectivity index (χ4n) is 4.38. The van der Waals surface area contributed by atoms with Crippen molar-refractivity contribution in [3.63, 3.8) is 0 Å². The Bertz CT molecular complexity index is 1180. The number of nitrogens with zero attached hydrogens (tertiary/aromatic N) is 5. The lowest BCUT2D eigenvalue weighted by atomic mass is 9.96. The second kappa shape index (κ2) is 7.68. The van der Waals surface area contributed by atoms with Gasteiger partial charge in [0.25, 0.3) is 0 Å². The molecule has 0 bridgehead atoms. The van der Waals surface area contributed by atoms with Gasteiger partial charge in [0.1, 0.15) is 22.4 Å². The van der Waals surface area contributed by atoms with Crippen LogP contribution in [0.25, 0.3) is 21.7 Å². The summed E-state index contributed by atoms with van der Waals surface area (Å²) in [4.78, 5) is 24.9. The van der Waals surface area contributed by atoms with E-state index in [-0.39, 0.29) is 6.10 Å². The number of rotatable bonds is 3. The molecule has 8 heteroatoms. The molecule has 4 aromatic rings. The van der Waals surface area contributed by atoms with Gasteiger partial charge in [0.05, 0.1) is 24.7 Å². The average molecular weight is 436 g/mol. The van der Waals surface area contributed by atoms with Crippen LogP contribution in [0.4, 0.5) is 5.82 Å². The number of aromatic nitrogens is 4. The van der Waals surface area contributed by atoms with Crippen molar-refractivity contribution in [2.45, 2.75) is 31.8 Å². The molecule has 1 aliphatic carbocycles. The standard InChI is InChI=1S/C22H21N5OS2/c1-2-5-17-14(4-1)19-21(27-9-10-28-16(13-27)18-6-3-11-29-18)25-20(26-22(19)30-17)15-12-23-7-8-24-15/h3,6-8,11-12,16H,1-2,4-5,9-10,13H2. The zero-order valence-corrected chi connectivity index (χ0v) is 18.1. The fraction of sp³-hybridized carbons (Fsp3) is 0.364. The van der Waals surface area contributed by atoms with E-state index in [0.717, 1.165) is 42.3 Å². The molecule has 1 fully saturated rings. The second-order valence-electron chi connectivity index (χ2n) is 7.67. The molecule has 1 saturated heterocycles. The highest BCUT2D eigenvalue weighted by Gasteiger charge is 2.29. The fourth-order valence-corrected chi connectivity index (χ4v) is 6.41. The summed E-state index contributed by atoms with van der Waals surface area (Å²) in [6.45, 7) is 2.33. The van der Waals surface area contributed by atoms with Crippen molar-refractivity contribution in [2.75, 3.05) is 24.6 Å². The van der Waals surface area contributed by atoms with Crippen LogP contribution in [0.5, 0.6) is 0 Å². The average Bonchev–Trinajstić information content (AvgIpc) is 3.47. The van der Waals surface area contributed by atoms with Crippen molar-refractivity contribution in [1.82, 2.24) is 19.9 Å². The Labute approximate surface area is 182 Å². The minimum Gasteiger partial charge on any atom is -0.369 e. The first-order chi connectivity index (χ1) is 14.9. The summed E-state index contributed by atoms with van der Waals surface area (Å²) in [6.07, 6.45) is 9.98. The largest absolute Gasteiger partial charge is 0.369 e. The van der Waals surface area contributed by atoms with Crippen LogP contribution in [0, 0.1) is 0 Å². The smallest absolute Gasteiger partial charge is 0.183 e. The highest BCUT2D eigenvalue weighted by atomic mass is 32.1. The third-order valence-electron chi connectivity index (χ3n) is 5.81. The van der Waals surface area contributed by atoms with Gasteiger partial charge in [-0.3, -0.25) is 4.98 Å². The summed E-state index contributed by atoms with van der Waals surface area (Å²) in [6, 6.07) is 4.25. The minimum absolute atomic E-state index is 0.0817. The summed E-state index contributed by atoms with van der Waals surface area (Å²) >= 11 is 3.58. The van der Waals surface area contributed by atoms with Crippen LogP contribution >= 0.6 is 22.7 Å². The van der Waals surface area contributed by atoms with E-state index in [1.807, 2.05) is 11.3 Å². The molecule has 0 radical (unpaired) electrons. The topological polar surface area (TPSA) is 64.0 Å². The summed E-state index contributed by atoms with van der Waals surface area (Å²) in [5, 5.41) is 3.36. The van der Waals surface area contributed by atoms with Gasteiger partial charge in [0.2, 0.25) is 0 Å². The Balaban J connectivity index is 1.49. The summed E-state index contributed by atoms with van der Waals surface area (Å²) in [5.41, 5.74) is 2.18. The molecule has 1 atom stereocenters. The van der Waals surface area contributed by atoms with Gasteiger partial charge in [0.15, 0.2) is 5.82 Å². The number of thiophene rings is 2. The molecule has 5 heterocycles. The minimum atomic E-state index is 0.0817. The second-order valence-corrected chi connectivity index (χ2v) is 9.74. The molecule has 6 rings (SSSR count). The van der Waals surface area contributed by atoms with Gasteiger partial charge in [0, 0.05) is 28.7 Å². The molecular weight excluding hydrogens is 414 g/mol. The number of morpholine rings is 1. The first kappa shape index (κ1) is 18.4. The zero-order chi connectivity index (χ0) is 19.9. The Hall–Kier alpha value is -2.42. The highest BCUT2D eigenvalue weighted by Crippen LogP contribution is 2.41. The molecule has 0 amide bonds. The molecule has 6 nitrogen and oxygen atoms in total. The molecule has 1 aliphatic heterocycles. The van der Waals surface area contributed by atoms with Crippen LogP contribution in [0.3, 0.4) is 0 Å². The highest BCUT2D eigenvalue weighted by molar-refractivity contribution is 7.19. The van der Waals surface area contributed by atoms with E-state index in [9.17, 15) is 0 Å². The van der Waals surface area contributed by atoms with Gasteiger partial charge in [-0.15, -0.1) is 22.7 Å². The third kappa shape index (κ3) is 3.19. The first-order valence-electron chi connectivity index (χ1n) is 10.4. The van der Waals surface area contributed by atoms with E-state index in [4.69, 9.17) is 14.7 Å². The van der Waals surface area contributed by atoms with E-state index in [0.29, 0.717) is 12.4 Å². The Morgan fingerprint density at radius 1 is 1.13 bits per heavy atom. The normalized spacial score (nSPS) is 19.2. The molecule has 1 unspecified atom stereocenters. The van der Waals surface area contributed by atoms with E-state index in [1.54, 1.807) is 29.9 Å². The third-order valence-corrected chi connectivity index (χ3v) is 7.96. The lowest BCUT2D eigenvalue weighted by Gasteiger charge is -2.34. The predicted octanol–water partition coefficient (Wildman–Crippen LogP) is 4.67. The van der Waals surface area contributed by atoms with Crippen molar-refractivity contribution in [2.24, 2.45) is 0 Å². The summed E-state index contributed by atoms with van der Waals surface area (Å²) in [7, 11) is 0. The van der Waals surface area contributed by atoms with Crippen molar-refractivity contribution in [3.8, 4) is 11.5 Å². The van der Waals surface area contributed by atoms with E-state index in [1.165, 1.54) is 33.5 Å². The van der Waals surface area contributed by atoms with Crippen LogP contribution in [0.15, 0.2) is 36.1 Å². The monoisotopic (exact) mass is 435 g/mol. The number of anilines is 1. The SMILES string of the molecule is c1csc(C2CN(c3nc(-c4cnccn4)nc4sc5c(c34)CCCC5)CCO2)c1. The number of aryl methyl sites for hydroxylation is 2. The van der Waals surface area contributed by atoms with Gasteiger partial charge < -0.3 is 9.64 Å². The molecule has 0 saturated carbocycles. The molecule has 0 spiro atoms. The maximum Gasteiger partial charge on any atom is 0.183 e. The molecule has 4 aromatic heterocycles. The lowest BCUT2D eigenvalue weighted by Crippen LogP contribution is -2.39. The molecule has 30 heavy (non-hydrogen) atoms. The van der Waals surface area contributed by atoms with E-state index >= 15 is 0 Å². The van der Waals surface area contributed by atoms with Crippen molar-refractivity contribution >= 4 is 38.7 Å². The van der Waals surface area contributed by atoms with Crippen molar-refractivity contribution < 1.29 is 4.74 Å². The van der Waals surface area contributed by atoms with Gasteiger partial charge in [-0.05, 0) is 42.7 Å². The summed E-state index contributed by atoms with van der Waals surface area (Å²) in [5.74, 6) is 1.69. The number of ether oxygens (including phenoxy) is 1. The van der Waals surface area contributed by atoms with E-state index < -0.39 is 0 Å². The number of hydrogen-bond acceptors (Lipinski definition) is 8. The Kier molecular flexibility index (Phi) is 4.70. The Morgan fingerprint density at radius 3 is 2.97 bits per heavy atom. The van der Waals surface area contributed by atoms with Crippen molar-refractivity contribution in [3.05, 3.63) is 51.4 Å². The van der Waals surface area contributed by atoms with Crippen LogP contribution in [0.1, 0.15) is 34.3 Å². The molecule has 152 valence electrons. The molecule has 0 N–H and O–H groups in total. The zero-order valence-electron chi connectivity index (χ0n) is 16.5. The first-order valence-corrected chi connectivity index (χ1v) is 12.0. The summed E-state index contributed by atoms with van der Waals surface area (Å²) < 4.78 is 6.10. The molecule has 0 aromatic carbocycles. The molecule has 2 aliphatic rings. The predicted molar refractivity (Wildman–Crippen MR) is 120 cm³/mol. The van der Waals surface area contributed by atoms with Crippen LogP contribution in [0.2, 0.25) is 0 Å². The molecular formula is C22H21N5OS2. The van der Waals surface area contributed by atoms with Gasteiger partial charge in [-0.1, -0.05) is 6.07 Å². The maximum absolute atomic E-state index is 6.10. The Morgan fingerprint density at radius 2 is 2.10 bits per heavy atom. The maximum atomic E-state index is 6.10. The van der Waals surface area contributed by atoms with Gasteiger partial charge >= 0.3 is 0 Å². The number of fused-ring (bicyclic) bond motifs is 3. The lowest BCUT2D eigenvalue weighted by molar-refractivity contribution is 0.0419.